The van der Waals surface area contributed by atoms with Crippen molar-refractivity contribution in [2.24, 2.45) is 0 Å². The summed E-state index contributed by atoms with van der Waals surface area (Å²) in [6.45, 7) is 6.58. The summed E-state index contributed by atoms with van der Waals surface area (Å²) in [6, 6.07) is 0. The average Bonchev–Trinajstić information content (AvgIpc) is 3.45. The molecule has 0 aromatic rings. The van der Waals surface area contributed by atoms with Crippen molar-refractivity contribution < 1.29 is 28.6 Å². The number of hydrogen-bond donors (Lipinski definition) is 0. The molecule has 0 aliphatic carbocycles. The predicted octanol–water partition coefficient (Wildman–Crippen LogP) is 24.3. The van der Waals surface area contributed by atoms with Gasteiger partial charge in [0.25, 0.3) is 0 Å². The first-order valence-corrected chi connectivity index (χ1v) is 35.5. The molecule has 79 heavy (non-hydrogen) atoms. The van der Waals surface area contributed by atoms with Gasteiger partial charge in [-0.2, -0.15) is 0 Å². The van der Waals surface area contributed by atoms with E-state index in [2.05, 4.69) is 57.2 Å². The van der Waals surface area contributed by atoms with Crippen molar-refractivity contribution in [3.63, 3.8) is 0 Å². The van der Waals surface area contributed by atoms with Crippen LogP contribution in [0.25, 0.3) is 0 Å². The molecule has 6 heteroatoms. The molecule has 0 saturated heterocycles. The molecule has 1 atom stereocenters. The van der Waals surface area contributed by atoms with Crippen molar-refractivity contribution in [2.45, 2.75) is 399 Å². The highest BCUT2D eigenvalue weighted by atomic mass is 16.6. The van der Waals surface area contributed by atoms with Crippen LogP contribution >= 0.6 is 0 Å². The van der Waals surface area contributed by atoms with Crippen LogP contribution in [0.4, 0.5) is 0 Å². The summed E-state index contributed by atoms with van der Waals surface area (Å²) < 4.78 is 17.0. The maximum absolute atomic E-state index is 12.9. The topological polar surface area (TPSA) is 78.9 Å². The normalized spacial score (nSPS) is 12.2. The van der Waals surface area contributed by atoms with Crippen LogP contribution < -0.4 is 0 Å². The van der Waals surface area contributed by atoms with Crippen molar-refractivity contribution in [3.05, 3.63) is 36.5 Å². The van der Waals surface area contributed by atoms with Gasteiger partial charge in [0.1, 0.15) is 13.2 Å². The van der Waals surface area contributed by atoms with Gasteiger partial charge in [0.15, 0.2) is 6.10 Å². The summed E-state index contributed by atoms with van der Waals surface area (Å²) in [4.78, 5) is 38.4. The van der Waals surface area contributed by atoms with E-state index in [4.69, 9.17) is 14.2 Å². The summed E-state index contributed by atoms with van der Waals surface area (Å²) >= 11 is 0. The van der Waals surface area contributed by atoms with Crippen LogP contribution in [0, 0.1) is 0 Å². The Hall–Kier alpha value is -2.37. The zero-order valence-corrected chi connectivity index (χ0v) is 53.4. The molecule has 0 aromatic heterocycles. The predicted molar refractivity (Wildman–Crippen MR) is 344 cm³/mol. The van der Waals surface area contributed by atoms with Gasteiger partial charge in [0, 0.05) is 19.3 Å². The summed E-state index contributed by atoms with van der Waals surface area (Å²) in [5, 5.41) is 0. The third-order valence-electron chi connectivity index (χ3n) is 16.2. The van der Waals surface area contributed by atoms with Crippen molar-refractivity contribution in [2.75, 3.05) is 13.2 Å². The largest absolute Gasteiger partial charge is 0.462 e. The fourth-order valence-corrected chi connectivity index (χ4v) is 10.9. The molecular weight excluding hydrogens is 973 g/mol. The third-order valence-corrected chi connectivity index (χ3v) is 16.2. The number of ether oxygens (including phenoxy) is 3. The summed E-state index contributed by atoms with van der Waals surface area (Å²) in [7, 11) is 0. The van der Waals surface area contributed by atoms with Crippen LogP contribution in [0.2, 0.25) is 0 Å². The molecule has 0 spiro atoms. The second-order valence-electron chi connectivity index (χ2n) is 24.1. The molecule has 6 nitrogen and oxygen atoms in total. The maximum Gasteiger partial charge on any atom is 0.306 e. The number of carbonyl (C=O) groups excluding carboxylic acids is 3. The van der Waals surface area contributed by atoms with Crippen molar-refractivity contribution >= 4 is 17.9 Å². The Bertz CT molecular complexity index is 1320. The Balaban J connectivity index is 4.17. The summed E-state index contributed by atoms with van der Waals surface area (Å²) in [5.41, 5.74) is 0. The summed E-state index contributed by atoms with van der Waals surface area (Å²) in [5.74, 6) is -0.878. The quantitative estimate of drug-likeness (QED) is 0.0261. The van der Waals surface area contributed by atoms with Crippen molar-refractivity contribution in [1.82, 2.24) is 0 Å². The van der Waals surface area contributed by atoms with Gasteiger partial charge in [0.2, 0.25) is 0 Å². The first-order valence-electron chi connectivity index (χ1n) is 35.5. The lowest BCUT2D eigenvalue weighted by Gasteiger charge is -2.18. The lowest BCUT2D eigenvalue weighted by molar-refractivity contribution is -0.167. The van der Waals surface area contributed by atoms with Gasteiger partial charge >= 0.3 is 17.9 Å². The van der Waals surface area contributed by atoms with E-state index in [1.165, 1.54) is 270 Å². The van der Waals surface area contributed by atoms with E-state index >= 15 is 0 Å². The van der Waals surface area contributed by atoms with Gasteiger partial charge in [-0.1, -0.05) is 359 Å². The fourth-order valence-electron chi connectivity index (χ4n) is 10.9. The molecule has 0 radical (unpaired) electrons. The van der Waals surface area contributed by atoms with Crippen LogP contribution in [-0.2, 0) is 28.6 Å². The van der Waals surface area contributed by atoms with Crippen molar-refractivity contribution in [3.8, 4) is 0 Å². The van der Waals surface area contributed by atoms with Gasteiger partial charge in [-0.05, 0) is 51.4 Å². The van der Waals surface area contributed by atoms with E-state index in [9.17, 15) is 14.4 Å². The Morgan fingerprint density at radius 1 is 0.266 bits per heavy atom. The molecular formula is C73H136O6. The highest BCUT2D eigenvalue weighted by molar-refractivity contribution is 5.71. The Labute approximate surface area is 493 Å². The molecule has 0 rings (SSSR count). The van der Waals surface area contributed by atoms with E-state index in [0.29, 0.717) is 19.3 Å². The fraction of sp³-hybridized carbons (Fsp3) is 0.877. The van der Waals surface area contributed by atoms with E-state index in [-0.39, 0.29) is 31.1 Å². The Morgan fingerprint density at radius 3 is 0.772 bits per heavy atom. The van der Waals surface area contributed by atoms with Crippen LogP contribution in [0.1, 0.15) is 393 Å². The zero-order chi connectivity index (χ0) is 57.1. The number of carbonyl (C=O) groups is 3. The first kappa shape index (κ1) is 76.6. The second-order valence-corrected chi connectivity index (χ2v) is 24.1. The highest BCUT2D eigenvalue weighted by Gasteiger charge is 2.19. The Kier molecular flexibility index (Phi) is 66.1. The van der Waals surface area contributed by atoms with Crippen molar-refractivity contribution in [1.29, 1.82) is 0 Å². The molecule has 0 bridgehead atoms. The van der Waals surface area contributed by atoms with E-state index in [1.54, 1.807) is 0 Å². The van der Waals surface area contributed by atoms with E-state index < -0.39 is 6.10 Å². The van der Waals surface area contributed by atoms with Gasteiger partial charge in [-0.3, -0.25) is 14.4 Å². The molecule has 0 saturated carbocycles. The highest BCUT2D eigenvalue weighted by Crippen LogP contribution is 2.19. The van der Waals surface area contributed by atoms with Crippen LogP contribution in [0.5, 0.6) is 0 Å². The second kappa shape index (κ2) is 68.1. The lowest BCUT2D eigenvalue weighted by atomic mass is 10.0. The Morgan fingerprint density at radius 2 is 0.494 bits per heavy atom. The number of unbranched alkanes of at least 4 members (excludes halogenated alkanes) is 49. The van der Waals surface area contributed by atoms with E-state index in [1.807, 2.05) is 0 Å². The minimum Gasteiger partial charge on any atom is -0.462 e. The van der Waals surface area contributed by atoms with Gasteiger partial charge in [-0.25, -0.2) is 0 Å². The van der Waals surface area contributed by atoms with Gasteiger partial charge < -0.3 is 14.2 Å². The standard InChI is InChI=1S/C73H136O6/c1-4-7-10-13-16-19-22-25-27-29-31-32-33-34-35-36-37-38-39-40-42-43-45-48-51-54-57-60-63-66-72(75)78-69-70(68-77-71(74)65-62-59-56-53-50-47-24-21-18-15-12-9-6-3)79-73(76)67-64-61-58-55-52-49-46-44-41-30-28-26-23-20-17-14-11-8-5-2/h9,12,18,21,47,50,70H,4-8,10-11,13-17,19-20,22-46,48-49,51-69H2,1-3H3/b12-9-,21-18-,50-47-. The maximum atomic E-state index is 12.9. The molecule has 0 N–H and O–H groups in total. The molecule has 0 amide bonds. The molecule has 0 fully saturated rings. The van der Waals surface area contributed by atoms with Gasteiger partial charge in [0.05, 0.1) is 0 Å². The SMILES string of the molecule is CC/C=C\C/C=C\C/C=C\CCCCCC(=O)OCC(COC(=O)CCCCCCCCCCCCCCCCCCCCCCCCCCCCCCC)OC(=O)CCCCCCCCCCCCCCCCCCCCC. The molecule has 0 aliphatic heterocycles. The third kappa shape index (κ3) is 66.3. The van der Waals surface area contributed by atoms with Crippen LogP contribution in [0.3, 0.4) is 0 Å². The number of hydrogen-bond acceptors (Lipinski definition) is 6. The number of allylic oxidation sites excluding steroid dienone is 6. The molecule has 0 heterocycles. The van der Waals surface area contributed by atoms with Crippen LogP contribution in [0.15, 0.2) is 36.5 Å². The lowest BCUT2D eigenvalue weighted by Crippen LogP contribution is -2.30. The van der Waals surface area contributed by atoms with Gasteiger partial charge in [-0.15, -0.1) is 0 Å². The molecule has 0 aromatic carbocycles. The van der Waals surface area contributed by atoms with E-state index in [0.717, 1.165) is 83.5 Å². The minimum absolute atomic E-state index is 0.0758. The average molecular weight is 1110 g/mol. The number of rotatable bonds is 66. The van der Waals surface area contributed by atoms with Crippen LogP contribution in [-0.4, -0.2) is 37.2 Å². The summed E-state index contributed by atoms with van der Waals surface area (Å²) in [6.07, 6.45) is 84.8. The first-order chi connectivity index (χ1) is 39.0. The minimum atomic E-state index is -0.781. The monoisotopic (exact) mass is 1110 g/mol. The number of esters is 3. The molecule has 1 unspecified atom stereocenters. The zero-order valence-electron chi connectivity index (χ0n) is 53.4. The smallest absolute Gasteiger partial charge is 0.306 e. The molecule has 0 aliphatic rings. The molecule has 464 valence electrons.